The van der Waals surface area contributed by atoms with Crippen LogP contribution in [0.3, 0.4) is 0 Å². The zero-order valence-corrected chi connectivity index (χ0v) is 10.1. The first kappa shape index (κ1) is 10.9. The van der Waals surface area contributed by atoms with Crippen molar-refractivity contribution in [3.05, 3.63) is 17.6 Å². The van der Waals surface area contributed by atoms with Crippen molar-refractivity contribution < 1.29 is 4.74 Å². The number of aryl methyl sites for hydroxylation is 1. The van der Waals surface area contributed by atoms with Crippen molar-refractivity contribution in [2.75, 3.05) is 18.8 Å². The number of hydrogen-bond donors (Lipinski definition) is 1. The molecule has 0 spiro atoms. The maximum Gasteiger partial charge on any atom is 0.144 e. The number of hydrogen-bond acceptors (Lipinski definition) is 5. The SMILES string of the molecule is Cc1cc(N)nc(CN2CC3CCC(C2)O3)n1. The van der Waals surface area contributed by atoms with Crippen LogP contribution in [0.5, 0.6) is 0 Å². The van der Waals surface area contributed by atoms with E-state index >= 15 is 0 Å². The molecule has 17 heavy (non-hydrogen) atoms. The van der Waals surface area contributed by atoms with Crippen molar-refractivity contribution in [2.24, 2.45) is 0 Å². The van der Waals surface area contributed by atoms with E-state index in [1.165, 1.54) is 12.8 Å². The molecule has 2 saturated heterocycles. The molecular formula is C12H18N4O. The van der Waals surface area contributed by atoms with Gasteiger partial charge in [-0.05, 0) is 19.8 Å². The Bertz CT molecular complexity index is 391. The summed E-state index contributed by atoms with van der Waals surface area (Å²) in [4.78, 5) is 11.1. The number of nitrogen functional groups attached to an aromatic ring is 1. The lowest BCUT2D eigenvalue weighted by Crippen LogP contribution is -2.42. The Labute approximate surface area is 101 Å². The summed E-state index contributed by atoms with van der Waals surface area (Å²) < 4.78 is 5.81. The van der Waals surface area contributed by atoms with Gasteiger partial charge in [0.05, 0.1) is 18.8 Å². The minimum Gasteiger partial charge on any atom is -0.384 e. The van der Waals surface area contributed by atoms with Crippen LogP contribution < -0.4 is 5.73 Å². The van der Waals surface area contributed by atoms with Crippen LogP contribution >= 0.6 is 0 Å². The first-order valence-corrected chi connectivity index (χ1v) is 6.17. The topological polar surface area (TPSA) is 64.3 Å². The van der Waals surface area contributed by atoms with Crippen molar-refractivity contribution in [3.8, 4) is 0 Å². The summed E-state index contributed by atoms with van der Waals surface area (Å²) in [7, 11) is 0. The summed E-state index contributed by atoms with van der Waals surface area (Å²) in [6, 6.07) is 1.80. The van der Waals surface area contributed by atoms with Crippen LogP contribution in [0.25, 0.3) is 0 Å². The quantitative estimate of drug-likeness (QED) is 0.817. The van der Waals surface area contributed by atoms with Gasteiger partial charge in [0.15, 0.2) is 0 Å². The minimum atomic E-state index is 0.413. The number of rotatable bonds is 2. The first-order chi connectivity index (χ1) is 8.19. The van der Waals surface area contributed by atoms with E-state index in [9.17, 15) is 0 Å². The molecular weight excluding hydrogens is 216 g/mol. The molecule has 3 rings (SSSR count). The van der Waals surface area contributed by atoms with E-state index in [2.05, 4.69) is 14.9 Å². The lowest BCUT2D eigenvalue weighted by Gasteiger charge is -2.31. The summed E-state index contributed by atoms with van der Waals surface area (Å²) in [6.07, 6.45) is 3.21. The van der Waals surface area contributed by atoms with Crippen LogP contribution in [0.1, 0.15) is 24.4 Å². The van der Waals surface area contributed by atoms with Crippen molar-refractivity contribution in [3.63, 3.8) is 0 Å². The number of morpholine rings is 1. The number of fused-ring (bicyclic) bond motifs is 2. The smallest absolute Gasteiger partial charge is 0.144 e. The third-order valence-electron chi connectivity index (χ3n) is 3.40. The van der Waals surface area contributed by atoms with Gasteiger partial charge in [0, 0.05) is 24.8 Å². The first-order valence-electron chi connectivity index (χ1n) is 6.17. The Hall–Kier alpha value is -1.20. The molecule has 2 fully saturated rings. The van der Waals surface area contributed by atoms with E-state index in [0.717, 1.165) is 31.2 Å². The molecule has 2 unspecified atom stereocenters. The zero-order valence-electron chi connectivity index (χ0n) is 10.1. The zero-order chi connectivity index (χ0) is 11.8. The standard InChI is InChI=1S/C12H18N4O/c1-8-4-11(13)15-12(14-8)7-16-5-9-2-3-10(6-16)17-9/h4,9-10H,2-3,5-7H2,1H3,(H2,13,14,15). The predicted molar refractivity (Wildman–Crippen MR) is 64.4 cm³/mol. The molecule has 0 saturated carbocycles. The molecule has 0 amide bonds. The predicted octanol–water partition coefficient (Wildman–Crippen LogP) is 0.730. The average molecular weight is 234 g/mol. The third kappa shape index (κ3) is 2.40. The molecule has 2 bridgehead atoms. The second kappa shape index (κ2) is 4.23. The molecule has 92 valence electrons. The van der Waals surface area contributed by atoms with E-state index < -0.39 is 0 Å². The molecule has 0 radical (unpaired) electrons. The van der Waals surface area contributed by atoms with E-state index in [0.29, 0.717) is 18.0 Å². The van der Waals surface area contributed by atoms with Gasteiger partial charge in [-0.1, -0.05) is 0 Å². The molecule has 0 aliphatic carbocycles. The van der Waals surface area contributed by atoms with Gasteiger partial charge < -0.3 is 10.5 Å². The van der Waals surface area contributed by atoms with E-state index in [1.807, 2.05) is 6.92 Å². The van der Waals surface area contributed by atoms with E-state index in [-0.39, 0.29) is 0 Å². The molecule has 2 aliphatic heterocycles. The van der Waals surface area contributed by atoms with Crippen molar-refractivity contribution >= 4 is 5.82 Å². The van der Waals surface area contributed by atoms with Gasteiger partial charge in [0.2, 0.25) is 0 Å². The molecule has 2 atom stereocenters. The number of nitrogens with two attached hydrogens (primary N) is 1. The van der Waals surface area contributed by atoms with Crippen LogP contribution in [0.15, 0.2) is 6.07 Å². The Morgan fingerprint density at radius 2 is 2.06 bits per heavy atom. The number of aromatic nitrogens is 2. The van der Waals surface area contributed by atoms with E-state index in [1.54, 1.807) is 6.07 Å². The maximum atomic E-state index is 5.81. The van der Waals surface area contributed by atoms with Gasteiger partial charge in [-0.3, -0.25) is 4.90 Å². The third-order valence-corrected chi connectivity index (χ3v) is 3.40. The summed E-state index contributed by atoms with van der Waals surface area (Å²) in [6.45, 7) is 4.72. The Balaban J connectivity index is 1.70. The second-order valence-corrected chi connectivity index (χ2v) is 5.00. The fourth-order valence-corrected chi connectivity index (χ4v) is 2.76. The van der Waals surface area contributed by atoms with Gasteiger partial charge in [0.25, 0.3) is 0 Å². The highest BCUT2D eigenvalue weighted by Crippen LogP contribution is 2.26. The van der Waals surface area contributed by atoms with Gasteiger partial charge in [-0.15, -0.1) is 0 Å². The highest BCUT2D eigenvalue weighted by molar-refractivity contribution is 5.29. The Morgan fingerprint density at radius 3 is 2.71 bits per heavy atom. The summed E-state index contributed by atoms with van der Waals surface area (Å²) >= 11 is 0. The highest BCUT2D eigenvalue weighted by Gasteiger charge is 2.33. The lowest BCUT2D eigenvalue weighted by atomic mass is 10.2. The molecule has 3 heterocycles. The van der Waals surface area contributed by atoms with Gasteiger partial charge in [-0.2, -0.15) is 0 Å². The molecule has 5 heteroatoms. The minimum absolute atomic E-state index is 0.413. The monoisotopic (exact) mass is 234 g/mol. The number of ether oxygens (including phenoxy) is 1. The number of nitrogens with zero attached hydrogens (tertiary/aromatic N) is 3. The summed E-state index contributed by atoms with van der Waals surface area (Å²) in [5.41, 5.74) is 6.67. The Morgan fingerprint density at radius 1 is 1.35 bits per heavy atom. The fourth-order valence-electron chi connectivity index (χ4n) is 2.76. The highest BCUT2D eigenvalue weighted by atomic mass is 16.5. The molecule has 5 nitrogen and oxygen atoms in total. The van der Waals surface area contributed by atoms with Crippen molar-refractivity contribution in [1.82, 2.24) is 14.9 Å². The van der Waals surface area contributed by atoms with Crippen LogP contribution in [-0.2, 0) is 11.3 Å². The number of anilines is 1. The number of likely N-dealkylation sites (tertiary alicyclic amines) is 1. The molecule has 2 aliphatic rings. The summed E-state index contributed by atoms with van der Waals surface area (Å²) in [5.74, 6) is 1.38. The largest absolute Gasteiger partial charge is 0.384 e. The normalized spacial score (nSPS) is 28.5. The molecule has 1 aromatic rings. The van der Waals surface area contributed by atoms with Gasteiger partial charge in [0.1, 0.15) is 11.6 Å². The van der Waals surface area contributed by atoms with Crippen LogP contribution in [0.2, 0.25) is 0 Å². The molecule has 0 aromatic carbocycles. The van der Waals surface area contributed by atoms with Crippen molar-refractivity contribution in [2.45, 2.75) is 38.5 Å². The summed E-state index contributed by atoms with van der Waals surface area (Å²) in [5, 5.41) is 0. The fraction of sp³-hybridized carbons (Fsp3) is 0.667. The second-order valence-electron chi connectivity index (χ2n) is 5.00. The van der Waals surface area contributed by atoms with Crippen molar-refractivity contribution in [1.29, 1.82) is 0 Å². The van der Waals surface area contributed by atoms with Gasteiger partial charge >= 0.3 is 0 Å². The molecule has 1 aromatic heterocycles. The van der Waals surface area contributed by atoms with E-state index in [4.69, 9.17) is 10.5 Å². The van der Waals surface area contributed by atoms with Crippen LogP contribution in [0.4, 0.5) is 5.82 Å². The van der Waals surface area contributed by atoms with Crippen LogP contribution in [0, 0.1) is 6.92 Å². The average Bonchev–Trinajstić information content (AvgIpc) is 2.56. The lowest BCUT2D eigenvalue weighted by molar-refractivity contribution is -0.0417. The molecule has 2 N–H and O–H groups in total. The van der Waals surface area contributed by atoms with Crippen LogP contribution in [-0.4, -0.2) is 40.2 Å². The van der Waals surface area contributed by atoms with Gasteiger partial charge in [-0.25, -0.2) is 9.97 Å². The Kier molecular flexibility index (Phi) is 2.72. The maximum absolute atomic E-state index is 5.81.